The summed E-state index contributed by atoms with van der Waals surface area (Å²) in [5.41, 5.74) is 3.51. The van der Waals surface area contributed by atoms with Crippen molar-refractivity contribution in [3.05, 3.63) is 55.1 Å². The number of aromatic amines is 1. The first-order chi connectivity index (χ1) is 12.0. The van der Waals surface area contributed by atoms with Crippen LogP contribution in [0, 0.1) is 0 Å². The monoisotopic (exact) mass is 404 g/mol. The number of anilines is 1. The second-order valence-electron chi connectivity index (χ2n) is 5.50. The van der Waals surface area contributed by atoms with E-state index < -0.39 is 11.2 Å². The third-order valence-electron chi connectivity index (χ3n) is 3.70. The molecule has 0 saturated heterocycles. The Kier molecular flexibility index (Phi) is 4.84. The van der Waals surface area contributed by atoms with Crippen LogP contribution in [-0.4, -0.2) is 25.3 Å². The largest absolute Gasteiger partial charge is 0.329 e. The minimum absolute atomic E-state index is 0.323. The first kappa shape index (κ1) is 17.2. The van der Waals surface area contributed by atoms with E-state index in [-0.39, 0.29) is 0 Å². The van der Waals surface area contributed by atoms with E-state index in [9.17, 15) is 9.59 Å². The quantitative estimate of drug-likeness (QED) is 0.502. The Morgan fingerprint density at radius 2 is 2.04 bits per heavy atom. The molecule has 0 radical (unpaired) electrons. The molecule has 0 unspecified atom stereocenters. The maximum absolute atomic E-state index is 12.2. The minimum Gasteiger partial charge on any atom is -0.303 e. The smallest absolute Gasteiger partial charge is 0.303 e. The maximum Gasteiger partial charge on any atom is 0.329 e. The Bertz CT molecular complexity index is 1050. The zero-order chi connectivity index (χ0) is 18.0. The third kappa shape index (κ3) is 3.41. The van der Waals surface area contributed by atoms with Crippen molar-refractivity contribution in [2.75, 3.05) is 5.43 Å². The molecule has 0 saturated carbocycles. The van der Waals surface area contributed by atoms with Gasteiger partial charge in [-0.2, -0.15) is 10.1 Å². The van der Waals surface area contributed by atoms with Gasteiger partial charge in [-0.3, -0.25) is 14.3 Å². The second-order valence-corrected chi connectivity index (χ2v) is 6.41. The molecule has 0 bridgehead atoms. The van der Waals surface area contributed by atoms with E-state index in [0.29, 0.717) is 23.7 Å². The molecule has 0 amide bonds. The van der Waals surface area contributed by atoms with Crippen molar-refractivity contribution in [3.63, 3.8) is 0 Å². The summed E-state index contributed by atoms with van der Waals surface area (Å²) in [5.74, 6) is 0.414. The molecule has 9 heteroatoms. The number of fused-ring (bicyclic) bond motifs is 1. The average molecular weight is 405 g/mol. The average Bonchev–Trinajstić information content (AvgIpc) is 2.94. The zero-order valence-electron chi connectivity index (χ0n) is 13.8. The van der Waals surface area contributed by atoms with Crippen LogP contribution in [0.15, 0.2) is 43.4 Å². The number of nitrogens with one attached hydrogen (secondary N) is 2. The van der Waals surface area contributed by atoms with Gasteiger partial charge in [0.2, 0.25) is 5.95 Å². The molecule has 1 aromatic carbocycles. The van der Waals surface area contributed by atoms with Gasteiger partial charge in [0.1, 0.15) is 0 Å². The highest BCUT2D eigenvalue weighted by Gasteiger charge is 2.16. The van der Waals surface area contributed by atoms with Crippen molar-refractivity contribution in [1.82, 2.24) is 19.1 Å². The number of hydrogen-bond donors (Lipinski definition) is 2. The highest BCUT2D eigenvalue weighted by molar-refractivity contribution is 9.10. The Hall–Kier alpha value is -2.68. The predicted octanol–water partition coefficient (Wildman–Crippen LogP) is 2.04. The number of nitrogens with zero attached hydrogens (tertiary/aromatic N) is 4. The molecule has 0 aliphatic carbocycles. The van der Waals surface area contributed by atoms with Gasteiger partial charge in [0.05, 0.1) is 6.21 Å². The normalized spacial score (nSPS) is 11.5. The lowest BCUT2D eigenvalue weighted by atomic mass is 10.2. The summed E-state index contributed by atoms with van der Waals surface area (Å²) < 4.78 is 4.03. The fourth-order valence-electron chi connectivity index (χ4n) is 2.47. The van der Waals surface area contributed by atoms with Crippen molar-refractivity contribution in [2.24, 2.45) is 12.1 Å². The van der Waals surface area contributed by atoms with E-state index in [1.807, 2.05) is 31.2 Å². The van der Waals surface area contributed by atoms with Crippen LogP contribution in [-0.2, 0) is 13.6 Å². The number of aryl methyl sites for hydroxylation is 2. The summed E-state index contributed by atoms with van der Waals surface area (Å²) >= 11 is 3.38. The topological polar surface area (TPSA) is 97.1 Å². The first-order valence-corrected chi connectivity index (χ1v) is 8.54. The van der Waals surface area contributed by atoms with Crippen LogP contribution in [0.1, 0.15) is 18.9 Å². The van der Waals surface area contributed by atoms with Gasteiger partial charge in [-0.05, 0) is 24.1 Å². The van der Waals surface area contributed by atoms with E-state index in [2.05, 4.69) is 36.4 Å². The van der Waals surface area contributed by atoms with Crippen LogP contribution in [0.3, 0.4) is 0 Å². The summed E-state index contributed by atoms with van der Waals surface area (Å²) in [6.45, 7) is 2.57. The van der Waals surface area contributed by atoms with Crippen LogP contribution in [0.25, 0.3) is 11.2 Å². The van der Waals surface area contributed by atoms with Gasteiger partial charge >= 0.3 is 5.69 Å². The molecule has 0 aliphatic heterocycles. The second kappa shape index (κ2) is 7.06. The van der Waals surface area contributed by atoms with Crippen molar-refractivity contribution < 1.29 is 0 Å². The van der Waals surface area contributed by atoms with Crippen LogP contribution in [0.2, 0.25) is 0 Å². The van der Waals surface area contributed by atoms with E-state index in [0.717, 1.165) is 16.5 Å². The molecule has 25 heavy (non-hydrogen) atoms. The highest BCUT2D eigenvalue weighted by atomic mass is 79.9. The molecule has 3 rings (SSSR count). The lowest BCUT2D eigenvalue weighted by molar-refractivity contribution is 0.698. The Morgan fingerprint density at radius 1 is 1.32 bits per heavy atom. The van der Waals surface area contributed by atoms with Crippen molar-refractivity contribution in [1.29, 1.82) is 0 Å². The summed E-state index contributed by atoms with van der Waals surface area (Å²) in [7, 11) is 1.57. The van der Waals surface area contributed by atoms with Gasteiger partial charge in [0, 0.05) is 18.1 Å². The van der Waals surface area contributed by atoms with E-state index in [1.165, 1.54) is 4.57 Å². The number of hydrogen-bond acceptors (Lipinski definition) is 5. The van der Waals surface area contributed by atoms with E-state index >= 15 is 0 Å². The van der Waals surface area contributed by atoms with Gasteiger partial charge in [-0.15, -0.1) is 0 Å². The lowest BCUT2D eigenvalue weighted by Gasteiger charge is -2.05. The molecule has 8 nitrogen and oxygen atoms in total. The molecule has 2 heterocycles. The molecule has 2 N–H and O–H groups in total. The third-order valence-corrected chi connectivity index (χ3v) is 4.23. The molecular formula is C16H17BrN6O2. The summed E-state index contributed by atoms with van der Waals surface area (Å²) in [4.78, 5) is 30.6. The molecule has 130 valence electrons. The fourth-order valence-corrected chi connectivity index (χ4v) is 2.74. The number of aromatic nitrogens is 4. The Labute approximate surface area is 151 Å². The van der Waals surface area contributed by atoms with Crippen LogP contribution < -0.4 is 16.7 Å². The van der Waals surface area contributed by atoms with Gasteiger partial charge in [0.25, 0.3) is 5.56 Å². The summed E-state index contributed by atoms with van der Waals surface area (Å²) in [6.07, 6.45) is 2.46. The maximum atomic E-state index is 12.2. The zero-order valence-corrected chi connectivity index (χ0v) is 15.4. The number of H-pyrrole nitrogens is 1. The highest BCUT2D eigenvalue weighted by Crippen LogP contribution is 2.16. The molecule has 0 aliphatic rings. The van der Waals surface area contributed by atoms with Gasteiger partial charge < -0.3 is 4.57 Å². The number of halogens is 1. The van der Waals surface area contributed by atoms with E-state index in [4.69, 9.17) is 0 Å². The Morgan fingerprint density at radius 3 is 2.72 bits per heavy atom. The number of imidazole rings is 1. The number of benzene rings is 1. The molecule has 0 fully saturated rings. The molecule has 0 atom stereocenters. The standard InChI is InChI=1S/C16H17BrN6O2/c1-3-8-23-12-13(22(2)16(25)20-14(12)24)19-15(23)21-18-9-10-4-6-11(17)7-5-10/h4-7,9H,3,8H2,1-2H3,(H,19,21)(H,20,24,25)/b18-9-. The molecular weight excluding hydrogens is 388 g/mol. The minimum atomic E-state index is -0.497. The molecule has 3 aromatic rings. The number of rotatable bonds is 5. The molecule has 2 aromatic heterocycles. The first-order valence-electron chi connectivity index (χ1n) is 7.75. The van der Waals surface area contributed by atoms with Crippen molar-refractivity contribution in [2.45, 2.75) is 19.9 Å². The number of hydrazone groups is 1. The predicted molar refractivity (Wildman–Crippen MR) is 101 cm³/mol. The van der Waals surface area contributed by atoms with Gasteiger partial charge in [0.15, 0.2) is 11.2 Å². The van der Waals surface area contributed by atoms with Crippen LogP contribution >= 0.6 is 15.9 Å². The fraction of sp³-hybridized carbons (Fsp3) is 0.250. The molecule has 0 spiro atoms. The summed E-state index contributed by atoms with van der Waals surface area (Å²) in [6, 6.07) is 7.67. The van der Waals surface area contributed by atoms with Crippen molar-refractivity contribution in [3.8, 4) is 0 Å². The van der Waals surface area contributed by atoms with Crippen LogP contribution in [0.5, 0.6) is 0 Å². The van der Waals surface area contributed by atoms with Crippen LogP contribution in [0.4, 0.5) is 5.95 Å². The van der Waals surface area contributed by atoms with Gasteiger partial charge in [-0.25, -0.2) is 10.2 Å². The summed E-state index contributed by atoms with van der Waals surface area (Å²) in [5, 5.41) is 4.19. The van der Waals surface area contributed by atoms with Crippen molar-refractivity contribution >= 4 is 39.3 Å². The lowest BCUT2D eigenvalue weighted by Crippen LogP contribution is -2.29. The Balaban J connectivity index is 2.00. The van der Waals surface area contributed by atoms with Gasteiger partial charge in [-0.1, -0.05) is 35.0 Å². The SMILES string of the molecule is CCCn1c(N/N=C\c2ccc(Br)cc2)nc2c1c(=O)[nH]c(=O)n2C. The van der Waals surface area contributed by atoms with E-state index in [1.54, 1.807) is 17.8 Å².